The number of carbonyl (C=O) groups excluding carboxylic acids is 1. The molecule has 1 saturated carbocycles. The Labute approximate surface area is 123 Å². The van der Waals surface area contributed by atoms with Crippen LogP contribution in [0.1, 0.15) is 52.4 Å². The fourth-order valence-electron chi connectivity index (χ4n) is 3.77. The van der Waals surface area contributed by atoms with Crippen molar-refractivity contribution in [2.24, 2.45) is 11.3 Å². The zero-order valence-corrected chi connectivity index (χ0v) is 13.3. The molecular weight excluding hydrogens is 250 g/mol. The lowest BCUT2D eigenvalue weighted by atomic mass is 9.87. The monoisotopic (exact) mass is 281 g/mol. The Kier molecular flexibility index (Phi) is 5.44. The van der Waals surface area contributed by atoms with Gasteiger partial charge in [0.15, 0.2) is 0 Å². The summed E-state index contributed by atoms with van der Waals surface area (Å²) in [7, 11) is 1.72. The maximum Gasteiger partial charge on any atom is 0.226 e. The molecule has 1 saturated heterocycles. The van der Waals surface area contributed by atoms with Crippen LogP contribution in [-0.4, -0.2) is 38.1 Å². The van der Waals surface area contributed by atoms with Crippen molar-refractivity contribution in [2.45, 2.75) is 64.5 Å². The second-order valence-electron chi connectivity index (χ2n) is 7.10. The van der Waals surface area contributed by atoms with E-state index in [1.54, 1.807) is 7.05 Å². The SMILES string of the molecule is CNC(=O)C(C)(C)CNC1CCCC1C1CCCCN1. The van der Waals surface area contributed by atoms with Gasteiger partial charge in [-0.25, -0.2) is 0 Å². The molecule has 0 bridgehead atoms. The first-order valence-electron chi connectivity index (χ1n) is 8.23. The van der Waals surface area contributed by atoms with E-state index in [1.165, 1.54) is 45.1 Å². The third kappa shape index (κ3) is 3.73. The molecule has 0 aromatic heterocycles. The lowest BCUT2D eigenvalue weighted by Gasteiger charge is -2.34. The summed E-state index contributed by atoms with van der Waals surface area (Å²) in [5.74, 6) is 0.867. The van der Waals surface area contributed by atoms with Gasteiger partial charge in [0.05, 0.1) is 5.41 Å². The lowest BCUT2D eigenvalue weighted by molar-refractivity contribution is -0.128. The molecule has 3 unspecified atom stereocenters. The fraction of sp³-hybridized carbons (Fsp3) is 0.938. The van der Waals surface area contributed by atoms with Crippen LogP contribution >= 0.6 is 0 Å². The highest BCUT2D eigenvalue weighted by molar-refractivity contribution is 5.81. The molecule has 3 atom stereocenters. The van der Waals surface area contributed by atoms with E-state index in [0.29, 0.717) is 12.1 Å². The Hall–Kier alpha value is -0.610. The maximum absolute atomic E-state index is 11.9. The average molecular weight is 281 g/mol. The van der Waals surface area contributed by atoms with E-state index in [2.05, 4.69) is 16.0 Å². The molecule has 0 aromatic carbocycles. The van der Waals surface area contributed by atoms with Crippen LogP contribution in [0.4, 0.5) is 0 Å². The minimum Gasteiger partial charge on any atom is -0.359 e. The first kappa shape index (κ1) is 15.8. The second kappa shape index (κ2) is 6.90. The second-order valence-corrected chi connectivity index (χ2v) is 7.10. The van der Waals surface area contributed by atoms with Gasteiger partial charge in [0, 0.05) is 25.7 Å². The van der Waals surface area contributed by atoms with Gasteiger partial charge in [0.1, 0.15) is 0 Å². The van der Waals surface area contributed by atoms with E-state index in [4.69, 9.17) is 0 Å². The summed E-state index contributed by atoms with van der Waals surface area (Å²) >= 11 is 0. The zero-order chi connectivity index (χ0) is 14.6. The van der Waals surface area contributed by atoms with Crippen LogP contribution in [0.15, 0.2) is 0 Å². The first-order chi connectivity index (χ1) is 9.54. The van der Waals surface area contributed by atoms with Gasteiger partial charge in [0.2, 0.25) is 5.91 Å². The largest absolute Gasteiger partial charge is 0.359 e. The topological polar surface area (TPSA) is 53.2 Å². The van der Waals surface area contributed by atoms with Crippen LogP contribution < -0.4 is 16.0 Å². The van der Waals surface area contributed by atoms with Crippen LogP contribution in [0.5, 0.6) is 0 Å². The molecule has 4 heteroatoms. The van der Waals surface area contributed by atoms with E-state index in [-0.39, 0.29) is 11.3 Å². The Balaban J connectivity index is 1.86. The lowest BCUT2D eigenvalue weighted by Crippen LogP contribution is -2.50. The summed E-state index contributed by atoms with van der Waals surface area (Å²) in [5, 5.41) is 10.2. The van der Waals surface area contributed by atoms with Gasteiger partial charge in [-0.2, -0.15) is 0 Å². The van der Waals surface area contributed by atoms with Gasteiger partial charge < -0.3 is 16.0 Å². The van der Waals surface area contributed by atoms with Crippen molar-refractivity contribution >= 4 is 5.91 Å². The number of carbonyl (C=O) groups is 1. The van der Waals surface area contributed by atoms with Crippen molar-refractivity contribution in [2.75, 3.05) is 20.1 Å². The number of hydrogen-bond acceptors (Lipinski definition) is 3. The van der Waals surface area contributed by atoms with Crippen molar-refractivity contribution in [3.8, 4) is 0 Å². The number of nitrogens with one attached hydrogen (secondary N) is 3. The Morgan fingerprint density at radius 3 is 2.65 bits per heavy atom. The molecular formula is C16H31N3O. The molecule has 1 amide bonds. The molecule has 1 heterocycles. The molecule has 1 aliphatic carbocycles. The van der Waals surface area contributed by atoms with Gasteiger partial charge in [-0.1, -0.05) is 12.8 Å². The third-order valence-corrected chi connectivity index (χ3v) is 5.08. The molecule has 2 fully saturated rings. The maximum atomic E-state index is 11.9. The fourth-order valence-corrected chi connectivity index (χ4v) is 3.77. The molecule has 3 N–H and O–H groups in total. The normalized spacial score (nSPS) is 31.2. The van der Waals surface area contributed by atoms with Gasteiger partial charge in [-0.05, 0) is 52.0 Å². The minimum atomic E-state index is -0.331. The van der Waals surface area contributed by atoms with E-state index in [1.807, 2.05) is 13.8 Å². The standard InChI is InChI=1S/C16H31N3O/c1-16(2,15(20)17-3)11-19-14-9-6-7-12(14)13-8-4-5-10-18-13/h12-14,18-19H,4-11H2,1-3H3,(H,17,20). The molecule has 2 aliphatic rings. The molecule has 0 spiro atoms. The van der Waals surface area contributed by atoms with Crippen LogP contribution in [-0.2, 0) is 4.79 Å². The van der Waals surface area contributed by atoms with Gasteiger partial charge in [-0.15, -0.1) is 0 Å². The van der Waals surface area contributed by atoms with Gasteiger partial charge >= 0.3 is 0 Å². The summed E-state index contributed by atoms with van der Waals surface area (Å²) in [6.45, 7) is 5.97. The minimum absolute atomic E-state index is 0.121. The molecule has 2 rings (SSSR count). The Morgan fingerprint density at radius 2 is 2.00 bits per heavy atom. The summed E-state index contributed by atoms with van der Waals surface area (Å²) < 4.78 is 0. The van der Waals surface area contributed by atoms with E-state index in [9.17, 15) is 4.79 Å². The van der Waals surface area contributed by atoms with Crippen LogP contribution in [0.25, 0.3) is 0 Å². The van der Waals surface area contributed by atoms with E-state index >= 15 is 0 Å². The highest BCUT2D eigenvalue weighted by Gasteiger charge is 2.35. The van der Waals surface area contributed by atoms with Crippen LogP contribution in [0.3, 0.4) is 0 Å². The molecule has 20 heavy (non-hydrogen) atoms. The molecule has 1 aliphatic heterocycles. The summed E-state index contributed by atoms with van der Waals surface area (Å²) in [6.07, 6.45) is 7.92. The van der Waals surface area contributed by atoms with Crippen molar-refractivity contribution in [3.63, 3.8) is 0 Å². The molecule has 116 valence electrons. The van der Waals surface area contributed by atoms with Crippen LogP contribution in [0, 0.1) is 11.3 Å². The quantitative estimate of drug-likeness (QED) is 0.718. The number of amides is 1. The van der Waals surface area contributed by atoms with Gasteiger partial charge in [0.25, 0.3) is 0 Å². The first-order valence-corrected chi connectivity index (χ1v) is 8.23. The number of hydrogen-bond donors (Lipinski definition) is 3. The van der Waals surface area contributed by atoms with Crippen molar-refractivity contribution < 1.29 is 4.79 Å². The smallest absolute Gasteiger partial charge is 0.226 e. The van der Waals surface area contributed by atoms with Crippen molar-refractivity contribution in [1.29, 1.82) is 0 Å². The van der Waals surface area contributed by atoms with E-state index < -0.39 is 0 Å². The third-order valence-electron chi connectivity index (χ3n) is 5.08. The summed E-state index contributed by atoms with van der Waals surface area (Å²) in [5.41, 5.74) is -0.331. The molecule has 0 radical (unpaired) electrons. The number of rotatable bonds is 5. The van der Waals surface area contributed by atoms with Crippen LogP contribution in [0.2, 0.25) is 0 Å². The Bertz CT molecular complexity index is 324. The predicted octanol–water partition coefficient (Wildman–Crippen LogP) is 1.66. The molecule has 0 aromatic rings. The average Bonchev–Trinajstić information content (AvgIpc) is 2.93. The van der Waals surface area contributed by atoms with Crippen molar-refractivity contribution in [1.82, 2.24) is 16.0 Å². The number of piperidine rings is 1. The predicted molar refractivity (Wildman–Crippen MR) is 82.6 cm³/mol. The highest BCUT2D eigenvalue weighted by Crippen LogP contribution is 2.32. The molecule has 4 nitrogen and oxygen atoms in total. The van der Waals surface area contributed by atoms with Gasteiger partial charge in [-0.3, -0.25) is 4.79 Å². The van der Waals surface area contributed by atoms with Crippen molar-refractivity contribution in [3.05, 3.63) is 0 Å². The van der Waals surface area contributed by atoms with E-state index in [0.717, 1.165) is 12.5 Å². The highest BCUT2D eigenvalue weighted by atomic mass is 16.2. The zero-order valence-electron chi connectivity index (χ0n) is 13.3. The summed E-state index contributed by atoms with van der Waals surface area (Å²) in [6, 6.07) is 1.27. The Morgan fingerprint density at radius 1 is 1.20 bits per heavy atom. The summed E-state index contributed by atoms with van der Waals surface area (Å²) in [4.78, 5) is 11.9.